The van der Waals surface area contributed by atoms with Gasteiger partial charge in [0, 0.05) is 19.1 Å². The number of halogens is 2. The van der Waals surface area contributed by atoms with Crippen LogP contribution >= 0.6 is 12.4 Å². The van der Waals surface area contributed by atoms with E-state index < -0.39 is 0 Å². The summed E-state index contributed by atoms with van der Waals surface area (Å²) in [6, 6.07) is 7.69. The minimum atomic E-state index is -0.112. The van der Waals surface area contributed by atoms with Crippen LogP contribution in [0.15, 0.2) is 24.3 Å². The van der Waals surface area contributed by atoms with Crippen LogP contribution < -0.4 is 5.32 Å². The summed E-state index contributed by atoms with van der Waals surface area (Å²) in [6.45, 7) is 7.06. The molecule has 2 aliphatic rings. The van der Waals surface area contributed by atoms with E-state index in [4.69, 9.17) is 0 Å². The van der Waals surface area contributed by atoms with Gasteiger partial charge >= 0.3 is 0 Å². The fourth-order valence-electron chi connectivity index (χ4n) is 3.76. The number of likely N-dealkylation sites (tertiary alicyclic amines) is 1. The van der Waals surface area contributed by atoms with E-state index in [1.165, 1.54) is 38.4 Å². The normalized spacial score (nSPS) is 29.5. The van der Waals surface area contributed by atoms with Crippen LogP contribution in [0.3, 0.4) is 0 Å². The first-order valence-electron chi connectivity index (χ1n) is 7.84. The largest absolute Gasteiger partial charge is 0.316 e. The summed E-state index contributed by atoms with van der Waals surface area (Å²) >= 11 is 0. The minimum Gasteiger partial charge on any atom is -0.316 e. The Morgan fingerprint density at radius 3 is 3.00 bits per heavy atom. The van der Waals surface area contributed by atoms with E-state index in [9.17, 15) is 4.39 Å². The highest BCUT2D eigenvalue weighted by atomic mass is 35.5. The molecule has 2 atom stereocenters. The molecule has 2 aliphatic heterocycles. The number of hydrogen-bond acceptors (Lipinski definition) is 2. The van der Waals surface area contributed by atoms with E-state index in [-0.39, 0.29) is 18.2 Å². The highest BCUT2D eigenvalue weighted by Crippen LogP contribution is 2.30. The van der Waals surface area contributed by atoms with Crippen molar-refractivity contribution in [2.75, 3.05) is 26.2 Å². The fraction of sp³-hybridized carbons (Fsp3) is 0.647. The molecule has 3 rings (SSSR count). The first-order chi connectivity index (χ1) is 9.65. The van der Waals surface area contributed by atoms with E-state index in [1.54, 1.807) is 6.07 Å². The first kappa shape index (κ1) is 16.7. The zero-order valence-corrected chi connectivity index (χ0v) is 13.6. The molecule has 0 amide bonds. The smallest absolute Gasteiger partial charge is 0.123 e. The van der Waals surface area contributed by atoms with Gasteiger partial charge in [-0.25, -0.2) is 4.39 Å². The third-order valence-corrected chi connectivity index (χ3v) is 4.90. The number of nitrogens with zero attached hydrogens (tertiary/aromatic N) is 1. The van der Waals surface area contributed by atoms with Crippen molar-refractivity contribution in [2.45, 2.75) is 38.6 Å². The predicted molar refractivity (Wildman–Crippen MR) is 87.5 cm³/mol. The maximum absolute atomic E-state index is 13.3. The van der Waals surface area contributed by atoms with Crippen molar-refractivity contribution in [3.63, 3.8) is 0 Å². The molecule has 0 spiro atoms. The van der Waals surface area contributed by atoms with Crippen LogP contribution in [-0.2, 0) is 6.42 Å². The predicted octanol–water partition coefficient (Wildman–Crippen LogP) is 3.25. The topological polar surface area (TPSA) is 15.3 Å². The van der Waals surface area contributed by atoms with E-state index in [0.29, 0.717) is 11.5 Å². The molecule has 21 heavy (non-hydrogen) atoms. The summed E-state index contributed by atoms with van der Waals surface area (Å²) in [5, 5.41) is 3.48. The molecule has 0 bridgehead atoms. The Hall–Kier alpha value is -0.640. The molecule has 1 N–H and O–H groups in total. The molecule has 2 nitrogen and oxygen atoms in total. The molecular formula is C17H26ClFN2. The number of hydrogen-bond donors (Lipinski definition) is 1. The van der Waals surface area contributed by atoms with Crippen LogP contribution in [0.4, 0.5) is 4.39 Å². The Kier molecular flexibility index (Phi) is 5.64. The van der Waals surface area contributed by atoms with E-state index in [2.05, 4.69) is 23.2 Å². The third kappa shape index (κ3) is 4.18. The van der Waals surface area contributed by atoms with E-state index >= 15 is 0 Å². The third-order valence-electron chi connectivity index (χ3n) is 4.90. The van der Waals surface area contributed by atoms with Crippen LogP contribution in [0.2, 0.25) is 0 Å². The van der Waals surface area contributed by atoms with Gasteiger partial charge in [-0.3, -0.25) is 4.90 Å². The molecule has 2 unspecified atom stereocenters. The molecule has 118 valence electrons. The van der Waals surface area contributed by atoms with Gasteiger partial charge in [0.25, 0.3) is 0 Å². The maximum atomic E-state index is 13.3. The summed E-state index contributed by atoms with van der Waals surface area (Å²) in [5.74, 6) is -0.112. The van der Waals surface area contributed by atoms with Crippen molar-refractivity contribution in [3.8, 4) is 0 Å². The van der Waals surface area contributed by atoms with Crippen LogP contribution in [0.1, 0.15) is 31.7 Å². The molecular weight excluding hydrogens is 287 g/mol. The second-order valence-electron chi connectivity index (χ2n) is 6.84. The molecule has 0 saturated carbocycles. The average molecular weight is 313 g/mol. The highest BCUT2D eigenvalue weighted by Gasteiger charge is 2.34. The zero-order valence-electron chi connectivity index (χ0n) is 12.8. The summed E-state index contributed by atoms with van der Waals surface area (Å²) in [6.07, 6.45) is 4.79. The Bertz CT molecular complexity index is 460. The molecule has 1 aromatic carbocycles. The van der Waals surface area contributed by atoms with Gasteiger partial charge in [0.15, 0.2) is 0 Å². The van der Waals surface area contributed by atoms with Crippen molar-refractivity contribution in [1.29, 1.82) is 0 Å². The highest BCUT2D eigenvalue weighted by molar-refractivity contribution is 5.85. The molecule has 2 saturated heterocycles. The number of rotatable bonds is 4. The van der Waals surface area contributed by atoms with Crippen molar-refractivity contribution >= 4 is 12.4 Å². The number of nitrogens with one attached hydrogen (secondary N) is 1. The van der Waals surface area contributed by atoms with Crippen LogP contribution in [0.25, 0.3) is 0 Å². The average Bonchev–Trinajstić information content (AvgIpc) is 3.00. The summed E-state index contributed by atoms with van der Waals surface area (Å²) in [4.78, 5) is 2.64. The lowest BCUT2D eigenvalue weighted by molar-refractivity contribution is 0.164. The Morgan fingerprint density at radius 1 is 1.43 bits per heavy atom. The molecule has 2 fully saturated rings. The van der Waals surface area contributed by atoms with Crippen molar-refractivity contribution in [3.05, 3.63) is 35.6 Å². The summed E-state index contributed by atoms with van der Waals surface area (Å²) in [5.41, 5.74) is 1.56. The van der Waals surface area contributed by atoms with Crippen LogP contribution in [0.5, 0.6) is 0 Å². The second-order valence-corrected chi connectivity index (χ2v) is 6.84. The number of benzene rings is 1. The Labute approximate surface area is 133 Å². The van der Waals surface area contributed by atoms with Gasteiger partial charge in [-0.15, -0.1) is 12.4 Å². The molecule has 4 heteroatoms. The monoisotopic (exact) mass is 312 g/mol. The summed E-state index contributed by atoms with van der Waals surface area (Å²) in [7, 11) is 0. The van der Waals surface area contributed by atoms with Crippen molar-refractivity contribution in [2.24, 2.45) is 5.41 Å². The second kappa shape index (κ2) is 7.08. The SMILES string of the molecule is CC1(CN2CCCC2Cc2cccc(F)c2)CCNC1.Cl. The molecule has 0 aromatic heterocycles. The molecule has 1 aromatic rings. The van der Waals surface area contributed by atoms with Gasteiger partial charge in [0.1, 0.15) is 5.82 Å². The van der Waals surface area contributed by atoms with Gasteiger partial charge in [-0.05, 0) is 61.9 Å². The minimum absolute atomic E-state index is 0. The van der Waals surface area contributed by atoms with E-state index in [1.807, 2.05) is 6.07 Å². The lowest BCUT2D eigenvalue weighted by Crippen LogP contribution is -2.41. The van der Waals surface area contributed by atoms with Gasteiger partial charge in [0.2, 0.25) is 0 Å². The van der Waals surface area contributed by atoms with E-state index in [0.717, 1.165) is 25.1 Å². The zero-order chi connectivity index (χ0) is 14.0. The first-order valence-corrected chi connectivity index (χ1v) is 7.84. The van der Waals surface area contributed by atoms with Crippen molar-refractivity contribution in [1.82, 2.24) is 10.2 Å². The van der Waals surface area contributed by atoms with Gasteiger partial charge < -0.3 is 5.32 Å². The molecule has 0 aliphatic carbocycles. The molecule has 0 radical (unpaired) electrons. The lowest BCUT2D eigenvalue weighted by Gasteiger charge is -2.33. The lowest BCUT2D eigenvalue weighted by atomic mass is 9.88. The Morgan fingerprint density at radius 2 is 2.29 bits per heavy atom. The quantitative estimate of drug-likeness (QED) is 0.918. The fourth-order valence-corrected chi connectivity index (χ4v) is 3.76. The summed E-state index contributed by atoms with van der Waals surface area (Å²) < 4.78 is 13.3. The Balaban J connectivity index is 0.00000161. The van der Waals surface area contributed by atoms with Gasteiger partial charge in [-0.1, -0.05) is 19.1 Å². The molecule has 2 heterocycles. The standard InChI is InChI=1S/C17H25FN2.ClH/c1-17(7-8-19-12-17)13-20-9-3-6-16(20)11-14-4-2-5-15(18)10-14;/h2,4-5,10,16,19H,3,6-9,11-13H2,1H3;1H. The van der Waals surface area contributed by atoms with Crippen LogP contribution in [0, 0.1) is 11.2 Å². The van der Waals surface area contributed by atoms with Gasteiger partial charge in [0.05, 0.1) is 0 Å². The maximum Gasteiger partial charge on any atom is 0.123 e. The van der Waals surface area contributed by atoms with Gasteiger partial charge in [-0.2, -0.15) is 0 Å². The van der Waals surface area contributed by atoms with Crippen LogP contribution in [-0.4, -0.2) is 37.1 Å². The van der Waals surface area contributed by atoms with Crippen molar-refractivity contribution < 1.29 is 4.39 Å².